The first-order chi connectivity index (χ1) is 13.2. The summed E-state index contributed by atoms with van der Waals surface area (Å²) in [6, 6.07) is 5.66. The molecule has 0 aromatic heterocycles. The molecule has 8 heteroatoms. The molecule has 0 radical (unpaired) electrons. The molecule has 0 aliphatic carbocycles. The van der Waals surface area contributed by atoms with Crippen LogP contribution in [0.5, 0.6) is 0 Å². The Bertz CT molecular complexity index is 775. The lowest BCUT2D eigenvalue weighted by atomic mass is 10.1. The zero-order valence-corrected chi connectivity index (χ0v) is 16.7. The van der Waals surface area contributed by atoms with Crippen LogP contribution in [0, 0.1) is 19.8 Å². The highest BCUT2D eigenvalue weighted by Crippen LogP contribution is 2.29. The van der Waals surface area contributed by atoms with Crippen molar-refractivity contribution in [3.8, 4) is 0 Å². The van der Waals surface area contributed by atoms with Crippen molar-refractivity contribution in [3.63, 3.8) is 0 Å². The number of nitrogens with one attached hydrogen (secondary N) is 2. The number of ether oxygens (including phenoxy) is 1. The largest absolute Gasteiger partial charge is 0.455 e. The number of esters is 1. The van der Waals surface area contributed by atoms with Crippen LogP contribution in [0.2, 0.25) is 0 Å². The van der Waals surface area contributed by atoms with E-state index < -0.39 is 24.4 Å². The molecule has 1 saturated heterocycles. The van der Waals surface area contributed by atoms with Gasteiger partial charge in [-0.3, -0.25) is 19.2 Å². The van der Waals surface area contributed by atoms with Gasteiger partial charge in [0.1, 0.15) is 0 Å². The van der Waals surface area contributed by atoms with Crippen LogP contribution in [0.15, 0.2) is 18.2 Å². The standard InChI is InChI=1S/C20H27N3O5/c1-12(2)22-17(24)9-21-18(25)11-28-20(27)15-8-19(26)23(10-15)16-7-5-6-13(3)14(16)4/h5-7,12,15H,8-11H2,1-4H3,(H,21,25)(H,22,24)/t15-/m1/s1. The topological polar surface area (TPSA) is 105 Å². The highest BCUT2D eigenvalue weighted by atomic mass is 16.5. The van der Waals surface area contributed by atoms with Gasteiger partial charge in [-0.25, -0.2) is 0 Å². The number of hydrogen-bond acceptors (Lipinski definition) is 5. The summed E-state index contributed by atoms with van der Waals surface area (Å²) < 4.78 is 5.03. The summed E-state index contributed by atoms with van der Waals surface area (Å²) in [6.45, 7) is 7.08. The number of amides is 3. The zero-order chi connectivity index (χ0) is 20.8. The van der Waals surface area contributed by atoms with E-state index in [2.05, 4.69) is 10.6 Å². The normalized spacial score (nSPS) is 16.2. The average molecular weight is 389 g/mol. The van der Waals surface area contributed by atoms with Crippen molar-refractivity contribution in [2.75, 3.05) is 24.6 Å². The van der Waals surface area contributed by atoms with Gasteiger partial charge in [-0.1, -0.05) is 12.1 Å². The van der Waals surface area contributed by atoms with Gasteiger partial charge in [-0.2, -0.15) is 0 Å². The first-order valence-electron chi connectivity index (χ1n) is 9.28. The van der Waals surface area contributed by atoms with Gasteiger partial charge in [0.15, 0.2) is 6.61 Å². The molecule has 28 heavy (non-hydrogen) atoms. The van der Waals surface area contributed by atoms with Crippen LogP contribution in [-0.2, 0) is 23.9 Å². The number of hydrogen-bond donors (Lipinski definition) is 2. The van der Waals surface area contributed by atoms with Crippen LogP contribution in [0.25, 0.3) is 0 Å². The van der Waals surface area contributed by atoms with Crippen LogP contribution in [0.3, 0.4) is 0 Å². The summed E-state index contributed by atoms with van der Waals surface area (Å²) in [4.78, 5) is 49.4. The van der Waals surface area contributed by atoms with Crippen LogP contribution in [-0.4, -0.2) is 49.4 Å². The Labute approximate surface area is 164 Å². The van der Waals surface area contributed by atoms with Gasteiger partial charge in [0.2, 0.25) is 11.8 Å². The summed E-state index contributed by atoms with van der Waals surface area (Å²) in [7, 11) is 0. The smallest absolute Gasteiger partial charge is 0.311 e. The Balaban J connectivity index is 1.84. The lowest BCUT2D eigenvalue weighted by Crippen LogP contribution is -2.41. The van der Waals surface area contributed by atoms with Gasteiger partial charge < -0.3 is 20.3 Å². The Morgan fingerprint density at radius 2 is 1.93 bits per heavy atom. The van der Waals surface area contributed by atoms with E-state index in [4.69, 9.17) is 4.74 Å². The highest BCUT2D eigenvalue weighted by molar-refractivity contribution is 6.00. The molecule has 0 unspecified atom stereocenters. The molecule has 1 aliphatic heterocycles. The quantitative estimate of drug-likeness (QED) is 0.673. The van der Waals surface area contributed by atoms with E-state index in [1.165, 1.54) is 0 Å². The molecular formula is C20H27N3O5. The first kappa shape index (κ1) is 21.4. The molecular weight excluding hydrogens is 362 g/mol. The lowest BCUT2D eigenvalue weighted by molar-refractivity contribution is -0.152. The Morgan fingerprint density at radius 3 is 2.61 bits per heavy atom. The maximum absolute atomic E-state index is 12.4. The molecule has 1 aromatic rings. The molecule has 1 heterocycles. The van der Waals surface area contributed by atoms with Crippen molar-refractivity contribution in [1.29, 1.82) is 0 Å². The number of benzene rings is 1. The Hall–Kier alpha value is -2.90. The van der Waals surface area contributed by atoms with E-state index in [0.717, 1.165) is 16.8 Å². The number of aryl methyl sites for hydroxylation is 1. The van der Waals surface area contributed by atoms with Crippen LogP contribution in [0.1, 0.15) is 31.4 Å². The minimum atomic E-state index is -0.621. The van der Waals surface area contributed by atoms with Crippen LogP contribution in [0.4, 0.5) is 5.69 Å². The monoisotopic (exact) mass is 389 g/mol. The molecule has 0 saturated carbocycles. The summed E-state index contributed by atoms with van der Waals surface area (Å²) in [5.74, 6) is -2.25. The fraction of sp³-hybridized carbons (Fsp3) is 0.500. The van der Waals surface area contributed by atoms with Crippen LogP contribution >= 0.6 is 0 Å². The molecule has 0 bridgehead atoms. The fourth-order valence-corrected chi connectivity index (χ4v) is 2.98. The summed E-state index contributed by atoms with van der Waals surface area (Å²) >= 11 is 0. The number of rotatable bonds is 7. The van der Waals surface area contributed by atoms with Gasteiger partial charge in [0.05, 0.1) is 12.5 Å². The molecule has 0 spiro atoms. The van der Waals surface area contributed by atoms with Gasteiger partial charge in [0, 0.05) is 24.7 Å². The van der Waals surface area contributed by atoms with Gasteiger partial charge in [-0.15, -0.1) is 0 Å². The average Bonchev–Trinajstić information content (AvgIpc) is 3.01. The van der Waals surface area contributed by atoms with Gasteiger partial charge >= 0.3 is 5.97 Å². The second kappa shape index (κ2) is 9.34. The predicted molar refractivity (Wildman–Crippen MR) is 104 cm³/mol. The summed E-state index contributed by atoms with van der Waals surface area (Å²) in [5.41, 5.74) is 2.84. The minimum absolute atomic E-state index is 0.0258. The first-order valence-corrected chi connectivity index (χ1v) is 9.28. The van der Waals surface area contributed by atoms with E-state index >= 15 is 0 Å². The third-order valence-corrected chi connectivity index (χ3v) is 4.57. The van der Waals surface area contributed by atoms with Gasteiger partial charge in [-0.05, 0) is 44.9 Å². The molecule has 2 rings (SSSR count). The van der Waals surface area contributed by atoms with Crippen LogP contribution < -0.4 is 15.5 Å². The number of anilines is 1. The molecule has 1 aromatic carbocycles. The van der Waals surface area contributed by atoms with Crippen molar-refractivity contribution in [1.82, 2.24) is 10.6 Å². The third-order valence-electron chi connectivity index (χ3n) is 4.57. The SMILES string of the molecule is Cc1cccc(N2C[C@H](C(=O)OCC(=O)NCC(=O)NC(C)C)CC2=O)c1C. The van der Waals surface area contributed by atoms with E-state index in [0.29, 0.717) is 0 Å². The zero-order valence-electron chi connectivity index (χ0n) is 16.7. The lowest BCUT2D eigenvalue weighted by Gasteiger charge is -2.20. The highest BCUT2D eigenvalue weighted by Gasteiger charge is 2.37. The second-order valence-corrected chi connectivity index (χ2v) is 7.23. The third kappa shape index (κ3) is 5.55. The molecule has 8 nitrogen and oxygen atoms in total. The molecule has 1 aliphatic rings. The van der Waals surface area contributed by atoms with Crippen molar-refractivity contribution in [2.24, 2.45) is 5.92 Å². The minimum Gasteiger partial charge on any atom is -0.455 e. The van der Waals surface area contributed by atoms with Crippen molar-refractivity contribution in [3.05, 3.63) is 29.3 Å². The Kier molecular flexibility index (Phi) is 7.14. The second-order valence-electron chi connectivity index (χ2n) is 7.23. The predicted octanol–water partition coefficient (Wildman–Crippen LogP) is 0.840. The summed E-state index contributed by atoms with van der Waals surface area (Å²) in [6.07, 6.45) is 0.0463. The molecule has 3 amide bonds. The van der Waals surface area contributed by atoms with Crippen molar-refractivity contribution >= 4 is 29.4 Å². The molecule has 152 valence electrons. The van der Waals surface area contributed by atoms with E-state index in [-0.39, 0.29) is 37.4 Å². The maximum Gasteiger partial charge on any atom is 0.311 e. The number of carbonyl (C=O) groups excluding carboxylic acids is 4. The molecule has 1 atom stereocenters. The van der Waals surface area contributed by atoms with Crippen molar-refractivity contribution in [2.45, 2.75) is 40.2 Å². The van der Waals surface area contributed by atoms with Gasteiger partial charge in [0.25, 0.3) is 5.91 Å². The molecule has 2 N–H and O–H groups in total. The van der Waals surface area contributed by atoms with E-state index in [1.807, 2.05) is 45.9 Å². The maximum atomic E-state index is 12.4. The Morgan fingerprint density at radius 1 is 1.21 bits per heavy atom. The van der Waals surface area contributed by atoms with Crippen molar-refractivity contribution < 1.29 is 23.9 Å². The summed E-state index contributed by atoms with van der Waals surface area (Å²) in [5, 5.41) is 5.02. The van der Waals surface area contributed by atoms with E-state index in [1.54, 1.807) is 4.90 Å². The molecule has 1 fully saturated rings. The number of carbonyl (C=O) groups is 4. The number of nitrogens with zero attached hydrogens (tertiary/aromatic N) is 1. The fourth-order valence-electron chi connectivity index (χ4n) is 2.98. The van der Waals surface area contributed by atoms with E-state index in [9.17, 15) is 19.2 Å².